The van der Waals surface area contributed by atoms with E-state index < -0.39 is 0 Å². The van der Waals surface area contributed by atoms with Crippen LogP contribution in [0.3, 0.4) is 0 Å². The molecule has 0 radical (unpaired) electrons. The first-order valence-electron chi connectivity index (χ1n) is 6.29. The molecule has 0 aromatic carbocycles. The summed E-state index contributed by atoms with van der Waals surface area (Å²) < 4.78 is 0. The lowest BCUT2D eigenvalue weighted by Gasteiger charge is -2.10. The Morgan fingerprint density at radius 2 is 1.81 bits per heavy atom. The van der Waals surface area contributed by atoms with E-state index in [4.69, 9.17) is 0 Å². The average Bonchev–Trinajstić information content (AvgIpc) is 2.51. The summed E-state index contributed by atoms with van der Waals surface area (Å²) in [5.41, 5.74) is 1.27. The number of carbonyl (C=O) groups is 1. The van der Waals surface area contributed by atoms with Gasteiger partial charge in [0, 0.05) is 10.8 Å². The molecule has 0 atom stereocenters. The SMILES string of the molecule is Cc1cc(C(=O)C2CCCCCC2)sc1C. The summed E-state index contributed by atoms with van der Waals surface area (Å²) in [6, 6.07) is 2.08. The topological polar surface area (TPSA) is 17.1 Å². The van der Waals surface area contributed by atoms with Crippen molar-refractivity contribution >= 4 is 17.1 Å². The molecule has 0 saturated heterocycles. The summed E-state index contributed by atoms with van der Waals surface area (Å²) in [6.45, 7) is 4.19. The number of aryl methyl sites for hydroxylation is 2. The lowest BCUT2D eigenvalue weighted by atomic mass is 9.94. The Morgan fingerprint density at radius 1 is 1.19 bits per heavy atom. The van der Waals surface area contributed by atoms with Crippen LogP contribution in [0.5, 0.6) is 0 Å². The molecule has 1 aliphatic rings. The molecule has 1 fully saturated rings. The maximum Gasteiger partial charge on any atom is 0.175 e. The van der Waals surface area contributed by atoms with Crippen LogP contribution in [0.15, 0.2) is 6.07 Å². The molecule has 1 aromatic heterocycles. The molecule has 2 rings (SSSR count). The quantitative estimate of drug-likeness (QED) is 0.545. The van der Waals surface area contributed by atoms with Gasteiger partial charge in [-0.25, -0.2) is 0 Å². The molecule has 0 amide bonds. The number of hydrogen-bond donors (Lipinski definition) is 0. The van der Waals surface area contributed by atoms with Gasteiger partial charge in [-0.3, -0.25) is 4.79 Å². The van der Waals surface area contributed by atoms with E-state index in [0.717, 1.165) is 17.7 Å². The Hall–Kier alpha value is -0.630. The zero-order valence-corrected chi connectivity index (χ0v) is 11.0. The van der Waals surface area contributed by atoms with Crippen molar-refractivity contribution < 1.29 is 4.79 Å². The lowest BCUT2D eigenvalue weighted by Crippen LogP contribution is -2.12. The van der Waals surface area contributed by atoms with Gasteiger partial charge in [-0.15, -0.1) is 11.3 Å². The van der Waals surface area contributed by atoms with Gasteiger partial charge in [-0.1, -0.05) is 25.7 Å². The molecule has 0 unspecified atom stereocenters. The van der Waals surface area contributed by atoms with E-state index in [2.05, 4.69) is 19.9 Å². The van der Waals surface area contributed by atoms with Crippen LogP contribution in [0.4, 0.5) is 0 Å². The van der Waals surface area contributed by atoms with E-state index >= 15 is 0 Å². The molecule has 16 heavy (non-hydrogen) atoms. The van der Waals surface area contributed by atoms with E-state index in [1.807, 2.05) is 0 Å². The molecule has 1 aromatic rings. The predicted molar refractivity (Wildman–Crippen MR) is 69.3 cm³/mol. The van der Waals surface area contributed by atoms with Gasteiger partial charge in [0.2, 0.25) is 0 Å². The van der Waals surface area contributed by atoms with Crippen molar-refractivity contribution in [3.05, 3.63) is 21.4 Å². The fourth-order valence-corrected chi connectivity index (χ4v) is 3.49. The second-order valence-corrected chi connectivity index (χ2v) is 6.16. The Kier molecular flexibility index (Phi) is 3.80. The lowest BCUT2D eigenvalue weighted by molar-refractivity contribution is 0.0912. The molecule has 1 saturated carbocycles. The summed E-state index contributed by atoms with van der Waals surface area (Å²) in [4.78, 5) is 14.6. The minimum absolute atomic E-state index is 0.306. The third-order valence-corrected chi connectivity index (χ3v) is 4.80. The zero-order valence-electron chi connectivity index (χ0n) is 10.2. The Bertz CT molecular complexity index is 351. The molecule has 1 aliphatic carbocycles. The van der Waals surface area contributed by atoms with Gasteiger partial charge >= 0.3 is 0 Å². The fraction of sp³-hybridized carbons (Fsp3) is 0.643. The predicted octanol–water partition coefficient (Wildman–Crippen LogP) is 4.52. The number of rotatable bonds is 2. The van der Waals surface area contributed by atoms with E-state index in [9.17, 15) is 4.79 Å². The number of Topliss-reactive ketones (excluding diaryl/α,β-unsaturated/α-hetero) is 1. The van der Waals surface area contributed by atoms with Gasteiger partial charge < -0.3 is 0 Å². The zero-order chi connectivity index (χ0) is 11.5. The molecule has 2 heteroatoms. The highest BCUT2D eigenvalue weighted by molar-refractivity contribution is 7.14. The molecule has 0 N–H and O–H groups in total. The number of carbonyl (C=O) groups excluding carboxylic acids is 1. The second-order valence-electron chi connectivity index (χ2n) is 4.90. The Morgan fingerprint density at radius 3 is 2.31 bits per heavy atom. The van der Waals surface area contributed by atoms with Gasteiger partial charge in [-0.2, -0.15) is 0 Å². The molecule has 1 heterocycles. The summed E-state index contributed by atoms with van der Waals surface area (Å²) in [5.74, 6) is 0.711. The van der Waals surface area contributed by atoms with Crippen molar-refractivity contribution in [3.63, 3.8) is 0 Å². The highest BCUT2D eigenvalue weighted by Gasteiger charge is 2.22. The highest BCUT2D eigenvalue weighted by Crippen LogP contribution is 2.29. The number of ketones is 1. The van der Waals surface area contributed by atoms with Crippen LogP contribution in [-0.2, 0) is 0 Å². The summed E-state index contributed by atoms with van der Waals surface area (Å²) in [5, 5.41) is 0. The van der Waals surface area contributed by atoms with Crippen molar-refractivity contribution in [3.8, 4) is 0 Å². The Balaban J connectivity index is 2.11. The molecule has 1 nitrogen and oxygen atoms in total. The van der Waals surface area contributed by atoms with Gasteiger partial charge in [0.1, 0.15) is 0 Å². The van der Waals surface area contributed by atoms with E-state index in [1.165, 1.54) is 36.1 Å². The minimum atomic E-state index is 0.306. The number of thiophene rings is 1. The fourth-order valence-electron chi connectivity index (χ4n) is 2.44. The normalized spacial score (nSPS) is 18.4. The van der Waals surface area contributed by atoms with Gasteiger partial charge in [0.15, 0.2) is 5.78 Å². The Labute approximate surface area is 102 Å². The summed E-state index contributed by atoms with van der Waals surface area (Å²) in [7, 11) is 0. The first-order valence-corrected chi connectivity index (χ1v) is 7.11. The molecule has 0 bridgehead atoms. The van der Waals surface area contributed by atoms with Crippen molar-refractivity contribution in [2.45, 2.75) is 52.4 Å². The number of hydrogen-bond acceptors (Lipinski definition) is 2. The summed E-state index contributed by atoms with van der Waals surface area (Å²) in [6.07, 6.45) is 7.31. The molecular weight excluding hydrogens is 216 g/mol. The third kappa shape index (κ3) is 2.54. The smallest absolute Gasteiger partial charge is 0.175 e. The van der Waals surface area contributed by atoms with Crippen LogP contribution in [0.2, 0.25) is 0 Å². The van der Waals surface area contributed by atoms with Crippen LogP contribution in [0.1, 0.15) is 58.6 Å². The monoisotopic (exact) mass is 236 g/mol. The maximum atomic E-state index is 12.3. The molecule has 0 aliphatic heterocycles. The van der Waals surface area contributed by atoms with Crippen LogP contribution in [0.25, 0.3) is 0 Å². The standard InChI is InChI=1S/C14H20OS/c1-10-9-13(16-11(10)2)14(15)12-7-5-3-4-6-8-12/h9,12H,3-8H2,1-2H3. The van der Waals surface area contributed by atoms with Crippen molar-refractivity contribution in [2.24, 2.45) is 5.92 Å². The maximum absolute atomic E-state index is 12.3. The van der Waals surface area contributed by atoms with Gasteiger partial charge in [0.05, 0.1) is 4.88 Å². The van der Waals surface area contributed by atoms with Crippen LogP contribution >= 0.6 is 11.3 Å². The van der Waals surface area contributed by atoms with E-state index in [-0.39, 0.29) is 0 Å². The molecular formula is C14H20OS. The first kappa shape index (κ1) is 11.8. The molecule has 0 spiro atoms. The van der Waals surface area contributed by atoms with E-state index in [1.54, 1.807) is 11.3 Å². The van der Waals surface area contributed by atoms with Crippen LogP contribution in [0, 0.1) is 19.8 Å². The van der Waals surface area contributed by atoms with Crippen molar-refractivity contribution in [1.29, 1.82) is 0 Å². The third-order valence-electron chi connectivity index (χ3n) is 3.63. The van der Waals surface area contributed by atoms with Crippen LogP contribution in [-0.4, -0.2) is 5.78 Å². The molecule has 88 valence electrons. The second kappa shape index (κ2) is 5.13. The van der Waals surface area contributed by atoms with Crippen LogP contribution < -0.4 is 0 Å². The van der Waals surface area contributed by atoms with Crippen molar-refractivity contribution in [2.75, 3.05) is 0 Å². The van der Waals surface area contributed by atoms with Gasteiger partial charge in [-0.05, 0) is 38.3 Å². The largest absolute Gasteiger partial charge is 0.293 e. The average molecular weight is 236 g/mol. The first-order chi connectivity index (χ1) is 7.68. The van der Waals surface area contributed by atoms with Crippen molar-refractivity contribution in [1.82, 2.24) is 0 Å². The van der Waals surface area contributed by atoms with E-state index in [0.29, 0.717) is 11.7 Å². The minimum Gasteiger partial charge on any atom is -0.293 e. The highest BCUT2D eigenvalue weighted by atomic mass is 32.1. The van der Waals surface area contributed by atoms with Gasteiger partial charge in [0.25, 0.3) is 0 Å². The summed E-state index contributed by atoms with van der Waals surface area (Å²) >= 11 is 1.67.